The minimum atomic E-state index is 0.0661. The molecule has 0 unspecified atom stereocenters. The van der Waals surface area contributed by atoms with Gasteiger partial charge in [0.05, 0.1) is 0 Å². The largest absolute Gasteiger partial charge is 0.358 e. The van der Waals surface area contributed by atoms with Gasteiger partial charge in [-0.2, -0.15) is 0 Å². The Hall–Kier alpha value is -1.57. The van der Waals surface area contributed by atoms with Crippen LogP contribution in [0.1, 0.15) is 50.9 Å². The van der Waals surface area contributed by atoms with Gasteiger partial charge in [-0.25, -0.2) is 0 Å². The number of nitrogens with one attached hydrogen (secondary N) is 1. The average Bonchev–Trinajstić information content (AvgIpc) is 2.34. The summed E-state index contributed by atoms with van der Waals surface area (Å²) in [6, 6.07) is 6.19. The molecule has 2 heteroatoms. The van der Waals surface area contributed by atoms with Gasteiger partial charge in [0.1, 0.15) is 0 Å². The number of hydrogen-bond donors (Lipinski definition) is 1. The van der Waals surface area contributed by atoms with Crippen molar-refractivity contribution < 1.29 is 0 Å². The van der Waals surface area contributed by atoms with E-state index < -0.39 is 0 Å². The van der Waals surface area contributed by atoms with Gasteiger partial charge in [-0.1, -0.05) is 40.2 Å². The Morgan fingerprint density at radius 1 is 1.21 bits per heavy atom. The highest BCUT2D eigenvalue weighted by molar-refractivity contribution is 5.80. The molecule has 2 rings (SSSR count). The Morgan fingerprint density at radius 2 is 1.89 bits per heavy atom. The van der Waals surface area contributed by atoms with E-state index >= 15 is 0 Å². The van der Waals surface area contributed by atoms with E-state index in [4.69, 9.17) is 0 Å². The van der Waals surface area contributed by atoms with Gasteiger partial charge in [-0.05, 0) is 36.5 Å². The topological polar surface area (TPSA) is 32.9 Å². The fraction of sp³-hybridized carbons (Fsp3) is 0.471. The first-order chi connectivity index (χ1) is 8.84. The van der Waals surface area contributed by atoms with Gasteiger partial charge < -0.3 is 4.98 Å². The minimum Gasteiger partial charge on any atom is -0.358 e. The van der Waals surface area contributed by atoms with Crippen molar-refractivity contribution in [2.45, 2.75) is 52.9 Å². The number of benzene rings is 1. The van der Waals surface area contributed by atoms with Crippen molar-refractivity contribution in [3.8, 4) is 0 Å². The van der Waals surface area contributed by atoms with Crippen molar-refractivity contribution in [3.63, 3.8) is 0 Å². The quantitative estimate of drug-likeness (QED) is 0.863. The third kappa shape index (κ3) is 2.58. The lowest BCUT2D eigenvalue weighted by molar-refractivity contribution is 0.591. The molecular formula is C17H23NO. The summed E-state index contributed by atoms with van der Waals surface area (Å²) < 4.78 is 0. The molecule has 1 N–H and O–H groups in total. The molecule has 0 saturated heterocycles. The summed E-state index contributed by atoms with van der Waals surface area (Å²) in [5.74, 6) is 0. The molecule has 1 heterocycles. The summed E-state index contributed by atoms with van der Waals surface area (Å²) in [6.07, 6.45) is 1.97. The van der Waals surface area contributed by atoms with Gasteiger partial charge in [0, 0.05) is 22.2 Å². The highest BCUT2D eigenvalue weighted by Gasteiger charge is 2.15. The number of aromatic amines is 1. The van der Waals surface area contributed by atoms with Gasteiger partial charge in [0.25, 0.3) is 0 Å². The van der Waals surface area contributed by atoms with Crippen LogP contribution in [0, 0.1) is 6.92 Å². The van der Waals surface area contributed by atoms with Crippen LogP contribution in [0.2, 0.25) is 0 Å². The summed E-state index contributed by atoms with van der Waals surface area (Å²) in [7, 11) is 0. The van der Waals surface area contributed by atoms with Gasteiger partial charge in [-0.15, -0.1) is 0 Å². The first-order valence-electron chi connectivity index (χ1n) is 7.00. The zero-order chi connectivity index (χ0) is 14.2. The summed E-state index contributed by atoms with van der Waals surface area (Å²) in [4.78, 5) is 15.9. The molecule has 0 spiro atoms. The number of H-pyrrole nitrogens is 1. The molecule has 0 fully saturated rings. The maximum Gasteiger partial charge on any atom is 0.192 e. The lowest BCUT2D eigenvalue weighted by atomic mass is 9.86. The van der Waals surface area contributed by atoms with Gasteiger partial charge >= 0.3 is 0 Å². The summed E-state index contributed by atoms with van der Waals surface area (Å²) in [6.45, 7) is 10.6. The Labute approximate surface area is 114 Å². The van der Waals surface area contributed by atoms with Crippen LogP contribution in [0.5, 0.6) is 0 Å². The van der Waals surface area contributed by atoms with E-state index in [9.17, 15) is 4.79 Å². The van der Waals surface area contributed by atoms with E-state index in [1.54, 1.807) is 0 Å². The number of rotatable bonds is 2. The van der Waals surface area contributed by atoms with E-state index in [2.05, 4.69) is 38.7 Å². The molecule has 2 nitrogen and oxygen atoms in total. The van der Waals surface area contributed by atoms with Gasteiger partial charge in [0.15, 0.2) is 5.43 Å². The number of hydrogen-bond acceptors (Lipinski definition) is 1. The van der Waals surface area contributed by atoms with Crippen molar-refractivity contribution in [1.29, 1.82) is 0 Å². The number of aromatic nitrogens is 1. The molecule has 2 aromatic rings. The fourth-order valence-corrected chi connectivity index (χ4v) is 2.40. The molecule has 1 aromatic carbocycles. The van der Waals surface area contributed by atoms with E-state index in [-0.39, 0.29) is 10.8 Å². The smallest absolute Gasteiger partial charge is 0.192 e. The van der Waals surface area contributed by atoms with Crippen molar-refractivity contribution in [3.05, 3.63) is 45.2 Å². The normalized spacial score (nSPS) is 12.1. The maximum atomic E-state index is 12.5. The Morgan fingerprint density at radius 3 is 2.47 bits per heavy atom. The van der Waals surface area contributed by atoms with Crippen LogP contribution in [0.25, 0.3) is 10.9 Å². The third-order valence-electron chi connectivity index (χ3n) is 3.71. The van der Waals surface area contributed by atoms with Crippen molar-refractivity contribution in [1.82, 2.24) is 4.98 Å². The molecule has 1 aromatic heterocycles. The van der Waals surface area contributed by atoms with Crippen LogP contribution < -0.4 is 5.43 Å². The number of fused-ring (bicyclic) bond motifs is 1. The highest BCUT2D eigenvalue weighted by Crippen LogP contribution is 2.24. The van der Waals surface area contributed by atoms with E-state index in [1.807, 2.05) is 19.1 Å². The van der Waals surface area contributed by atoms with Crippen molar-refractivity contribution in [2.75, 3.05) is 0 Å². The van der Waals surface area contributed by atoms with Crippen LogP contribution in [0.15, 0.2) is 23.0 Å². The standard InChI is InChI=1S/C17H23NO/c1-6-7-14-11(2)16(19)13-10-12(17(3,4)5)8-9-15(13)18-14/h8-10H,6-7H2,1-5H3,(H,18,19). The maximum absolute atomic E-state index is 12.5. The van der Waals surface area contributed by atoms with E-state index in [1.165, 1.54) is 5.56 Å². The van der Waals surface area contributed by atoms with Gasteiger partial charge in [0.2, 0.25) is 0 Å². The average molecular weight is 257 g/mol. The monoisotopic (exact) mass is 257 g/mol. The van der Waals surface area contributed by atoms with Crippen LogP contribution in [-0.2, 0) is 11.8 Å². The minimum absolute atomic E-state index is 0.0661. The van der Waals surface area contributed by atoms with Crippen LogP contribution >= 0.6 is 0 Å². The second-order valence-electron chi connectivity index (χ2n) is 6.32. The fourth-order valence-electron chi connectivity index (χ4n) is 2.40. The Bertz CT molecular complexity index is 659. The Balaban J connectivity index is 2.72. The van der Waals surface area contributed by atoms with Crippen LogP contribution in [-0.4, -0.2) is 4.98 Å². The number of aryl methyl sites for hydroxylation is 1. The molecular weight excluding hydrogens is 234 g/mol. The summed E-state index contributed by atoms with van der Waals surface area (Å²) >= 11 is 0. The SMILES string of the molecule is CCCc1[nH]c2ccc(C(C)(C)C)cc2c(=O)c1C. The van der Waals surface area contributed by atoms with Crippen LogP contribution in [0.4, 0.5) is 0 Å². The third-order valence-corrected chi connectivity index (χ3v) is 3.71. The summed E-state index contributed by atoms with van der Waals surface area (Å²) in [5, 5.41) is 0.810. The molecule has 0 radical (unpaired) electrons. The lowest BCUT2D eigenvalue weighted by Gasteiger charge is -2.19. The molecule has 0 aliphatic heterocycles. The molecule has 19 heavy (non-hydrogen) atoms. The predicted octanol–water partition coefficient (Wildman–Crippen LogP) is 4.09. The second kappa shape index (κ2) is 4.84. The predicted molar refractivity (Wildman–Crippen MR) is 82.0 cm³/mol. The van der Waals surface area contributed by atoms with Crippen molar-refractivity contribution in [2.24, 2.45) is 0 Å². The molecule has 0 bridgehead atoms. The van der Waals surface area contributed by atoms with Crippen molar-refractivity contribution >= 4 is 10.9 Å². The molecule has 0 saturated carbocycles. The molecule has 0 amide bonds. The zero-order valence-electron chi connectivity index (χ0n) is 12.6. The first kappa shape index (κ1) is 13.9. The molecule has 0 aliphatic rings. The zero-order valence-corrected chi connectivity index (χ0v) is 12.6. The van der Waals surface area contributed by atoms with Crippen LogP contribution in [0.3, 0.4) is 0 Å². The number of pyridine rings is 1. The van der Waals surface area contributed by atoms with Gasteiger partial charge in [-0.3, -0.25) is 4.79 Å². The molecule has 0 aliphatic carbocycles. The lowest BCUT2D eigenvalue weighted by Crippen LogP contribution is -2.15. The highest BCUT2D eigenvalue weighted by atomic mass is 16.1. The second-order valence-corrected chi connectivity index (χ2v) is 6.32. The molecule has 0 atom stereocenters. The molecule has 102 valence electrons. The van der Waals surface area contributed by atoms with E-state index in [0.717, 1.165) is 35.0 Å². The summed E-state index contributed by atoms with van der Waals surface area (Å²) in [5.41, 5.74) is 4.32. The Kier molecular flexibility index (Phi) is 3.53. The van der Waals surface area contributed by atoms with E-state index in [0.29, 0.717) is 0 Å². The first-order valence-corrected chi connectivity index (χ1v) is 7.00.